The van der Waals surface area contributed by atoms with Crippen molar-refractivity contribution in [1.29, 1.82) is 0 Å². The summed E-state index contributed by atoms with van der Waals surface area (Å²) in [6, 6.07) is 7.72. The minimum atomic E-state index is -4.66. The van der Waals surface area contributed by atoms with Gasteiger partial charge in [0.15, 0.2) is 5.76 Å². The summed E-state index contributed by atoms with van der Waals surface area (Å²) in [7, 11) is -4.15. The summed E-state index contributed by atoms with van der Waals surface area (Å²) in [4.78, 5) is -0.529. The van der Waals surface area contributed by atoms with Crippen LogP contribution in [-0.2, 0) is 16.2 Å². The maximum atomic E-state index is 13.0. The standard InChI is InChI=1S/C19H17ClF3N3O3S/c20-14-4-3-13(19(21,22)23)10-18(14)30(27,28)26-7-5-12(6-8-26)15-11-16(25-24-15)17-2-1-9-29-17/h1-4,9-12H,5-8H2,(H,24,25). The molecule has 0 spiro atoms. The van der Waals surface area contributed by atoms with Gasteiger partial charge in [-0.25, -0.2) is 8.42 Å². The largest absolute Gasteiger partial charge is 0.463 e. The highest BCUT2D eigenvalue weighted by molar-refractivity contribution is 7.89. The Labute approximate surface area is 175 Å². The number of rotatable bonds is 4. The molecule has 3 aromatic rings. The molecular weight excluding hydrogens is 443 g/mol. The summed E-state index contributed by atoms with van der Waals surface area (Å²) >= 11 is 5.93. The SMILES string of the molecule is O=S(=O)(c1cc(C(F)(F)F)ccc1Cl)N1CCC(c2cc(-c3ccco3)n[nH]2)CC1. The van der Waals surface area contributed by atoms with Gasteiger partial charge in [0.2, 0.25) is 10.0 Å². The Morgan fingerprint density at radius 3 is 2.53 bits per heavy atom. The number of furan rings is 1. The summed E-state index contributed by atoms with van der Waals surface area (Å²) in [5, 5.41) is 6.94. The zero-order valence-electron chi connectivity index (χ0n) is 15.5. The summed E-state index contributed by atoms with van der Waals surface area (Å²) < 4.78 is 71.4. The third-order valence-corrected chi connectivity index (χ3v) is 7.52. The van der Waals surface area contributed by atoms with Gasteiger partial charge in [0.25, 0.3) is 0 Å². The van der Waals surface area contributed by atoms with Crippen LogP contribution >= 0.6 is 11.6 Å². The van der Waals surface area contributed by atoms with Gasteiger partial charge in [-0.15, -0.1) is 0 Å². The summed E-state index contributed by atoms with van der Waals surface area (Å²) in [5.74, 6) is 0.668. The Balaban J connectivity index is 1.50. The van der Waals surface area contributed by atoms with E-state index in [9.17, 15) is 21.6 Å². The van der Waals surface area contributed by atoms with E-state index in [1.165, 1.54) is 4.31 Å². The van der Waals surface area contributed by atoms with Crippen molar-refractivity contribution in [3.8, 4) is 11.5 Å². The van der Waals surface area contributed by atoms with Crippen LogP contribution in [0.25, 0.3) is 11.5 Å². The summed E-state index contributed by atoms with van der Waals surface area (Å²) in [6.45, 7) is 0.323. The van der Waals surface area contributed by atoms with E-state index in [4.69, 9.17) is 16.0 Å². The first-order chi connectivity index (χ1) is 14.2. The number of aromatic amines is 1. The van der Waals surface area contributed by atoms with E-state index < -0.39 is 26.7 Å². The zero-order chi connectivity index (χ0) is 21.5. The number of aromatic nitrogens is 2. The molecule has 1 aliphatic heterocycles. The molecule has 0 amide bonds. The van der Waals surface area contributed by atoms with Crippen LogP contribution in [0.5, 0.6) is 0 Å². The molecule has 0 saturated carbocycles. The van der Waals surface area contributed by atoms with Crippen LogP contribution in [0, 0.1) is 0 Å². The average molecular weight is 460 g/mol. The average Bonchev–Trinajstić information content (AvgIpc) is 3.39. The second-order valence-corrected chi connectivity index (χ2v) is 9.32. The normalized spacial score (nSPS) is 16.8. The molecule has 1 saturated heterocycles. The van der Waals surface area contributed by atoms with Gasteiger partial charge in [-0.3, -0.25) is 5.10 Å². The van der Waals surface area contributed by atoms with Gasteiger partial charge in [-0.05, 0) is 49.2 Å². The Kier molecular flexibility index (Phi) is 5.41. The molecule has 1 fully saturated rings. The van der Waals surface area contributed by atoms with Crippen molar-refractivity contribution < 1.29 is 26.0 Å². The van der Waals surface area contributed by atoms with E-state index in [1.807, 2.05) is 6.07 Å². The van der Waals surface area contributed by atoms with Gasteiger partial charge in [0.1, 0.15) is 10.6 Å². The number of halogens is 4. The highest BCUT2D eigenvalue weighted by atomic mass is 35.5. The second kappa shape index (κ2) is 7.75. The number of alkyl halides is 3. The van der Waals surface area contributed by atoms with Crippen LogP contribution in [0.15, 0.2) is 52.0 Å². The molecule has 0 radical (unpaired) electrons. The minimum Gasteiger partial charge on any atom is -0.463 e. The number of nitrogens with one attached hydrogen (secondary N) is 1. The van der Waals surface area contributed by atoms with Crippen molar-refractivity contribution in [3.63, 3.8) is 0 Å². The number of sulfonamides is 1. The number of hydrogen-bond acceptors (Lipinski definition) is 4. The number of piperidine rings is 1. The lowest BCUT2D eigenvalue weighted by molar-refractivity contribution is -0.137. The Morgan fingerprint density at radius 1 is 1.17 bits per heavy atom. The van der Waals surface area contributed by atoms with Gasteiger partial charge >= 0.3 is 6.18 Å². The summed E-state index contributed by atoms with van der Waals surface area (Å²) in [6.07, 6.45) is -2.12. The van der Waals surface area contributed by atoms with Gasteiger partial charge in [-0.2, -0.15) is 22.6 Å². The van der Waals surface area contributed by atoms with Gasteiger partial charge in [-0.1, -0.05) is 11.6 Å². The quantitative estimate of drug-likeness (QED) is 0.601. The monoisotopic (exact) mass is 459 g/mol. The molecule has 11 heteroatoms. The van der Waals surface area contributed by atoms with Gasteiger partial charge in [0.05, 0.1) is 16.8 Å². The molecule has 1 N–H and O–H groups in total. The van der Waals surface area contributed by atoms with Crippen LogP contribution < -0.4 is 0 Å². The number of hydrogen-bond donors (Lipinski definition) is 1. The van der Waals surface area contributed by atoms with Crippen molar-refractivity contribution in [2.45, 2.75) is 29.8 Å². The predicted molar refractivity (Wildman–Crippen MR) is 103 cm³/mol. The van der Waals surface area contributed by atoms with Crippen LogP contribution in [0.2, 0.25) is 5.02 Å². The molecule has 0 aliphatic carbocycles. The molecule has 1 aliphatic rings. The molecule has 0 atom stereocenters. The van der Waals surface area contributed by atoms with Gasteiger partial charge < -0.3 is 4.42 Å². The molecule has 4 rings (SSSR count). The van der Waals surface area contributed by atoms with Crippen molar-refractivity contribution in [1.82, 2.24) is 14.5 Å². The minimum absolute atomic E-state index is 0.0460. The molecule has 0 unspecified atom stereocenters. The first kappa shape index (κ1) is 21.0. The zero-order valence-corrected chi connectivity index (χ0v) is 17.1. The summed E-state index contributed by atoms with van der Waals surface area (Å²) in [5.41, 5.74) is 0.458. The number of benzene rings is 1. The molecule has 0 bridgehead atoms. The fourth-order valence-corrected chi connectivity index (χ4v) is 5.49. The first-order valence-corrected chi connectivity index (χ1v) is 10.9. The van der Waals surface area contributed by atoms with Crippen LogP contribution in [-0.4, -0.2) is 36.0 Å². The van der Waals surface area contributed by atoms with E-state index in [0.717, 1.165) is 17.8 Å². The van der Waals surface area contributed by atoms with Crippen LogP contribution in [0.3, 0.4) is 0 Å². The maximum Gasteiger partial charge on any atom is 0.416 e. The van der Waals surface area contributed by atoms with E-state index in [0.29, 0.717) is 30.4 Å². The fourth-order valence-electron chi connectivity index (χ4n) is 3.52. The molecule has 2 aromatic heterocycles. The van der Waals surface area contributed by atoms with Crippen molar-refractivity contribution >= 4 is 21.6 Å². The Hall–Kier alpha value is -2.30. The third kappa shape index (κ3) is 3.99. The Bertz CT molecular complexity index is 1140. The molecular formula is C19H17ClF3N3O3S. The Morgan fingerprint density at radius 2 is 1.90 bits per heavy atom. The number of H-pyrrole nitrogens is 1. The lowest BCUT2D eigenvalue weighted by Crippen LogP contribution is -2.38. The first-order valence-electron chi connectivity index (χ1n) is 9.12. The molecule has 1 aromatic carbocycles. The number of nitrogens with zero attached hydrogens (tertiary/aromatic N) is 2. The van der Waals surface area contributed by atoms with Crippen LogP contribution in [0.4, 0.5) is 13.2 Å². The predicted octanol–water partition coefficient (Wildman–Crippen LogP) is 4.91. The van der Waals surface area contributed by atoms with Crippen LogP contribution in [0.1, 0.15) is 30.0 Å². The van der Waals surface area contributed by atoms with Crippen molar-refractivity contribution in [2.75, 3.05) is 13.1 Å². The topological polar surface area (TPSA) is 79.2 Å². The fraction of sp³-hybridized carbons (Fsp3) is 0.316. The highest BCUT2D eigenvalue weighted by Gasteiger charge is 2.36. The maximum absolute atomic E-state index is 13.0. The van der Waals surface area contributed by atoms with Crippen molar-refractivity contribution in [2.24, 2.45) is 0 Å². The smallest absolute Gasteiger partial charge is 0.416 e. The van der Waals surface area contributed by atoms with Crippen molar-refractivity contribution in [3.05, 3.63) is 58.9 Å². The molecule has 160 valence electrons. The van der Waals surface area contributed by atoms with E-state index in [-0.39, 0.29) is 24.0 Å². The lowest BCUT2D eigenvalue weighted by Gasteiger charge is -2.31. The molecule has 30 heavy (non-hydrogen) atoms. The van der Waals surface area contributed by atoms with E-state index >= 15 is 0 Å². The van der Waals surface area contributed by atoms with E-state index in [1.54, 1.807) is 18.4 Å². The third-order valence-electron chi connectivity index (χ3n) is 5.14. The molecule has 3 heterocycles. The van der Waals surface area contributed by atoms with E-state index in [2.05, 4.69) is 10.2 Å². The molecule has 6 nitrogen and oxygen atoms in total. The second-order valence-electron chi connectivity index (χ2n) is 7.01. The highest BCUT2D eigenvalue weighted by Crippen LogP contribution is 2.36. The van der Waals surface area contributed by atoms with Gasteiger partial charge in [0, 0.05) is 24.7 Å². The lowest BCUT2D eigenvalue weighted by atomic mass is 9.94.